The van der Waals surface area contributed by atoms with E-state index in [2.05, 4.69) is 23.3 Å². The monoisotopic (exact) mass is 428 g/mol. The van der Waals surface area contributed by atoms with Gasteiger partial charge in [-0.05, 0) is 45.9 Å². The number of nitro groups is 1. The molecule has 0 spiro atoms. The largest absolute Gasteiger partial charge is 0.452 e. The minimum atomic E-state index is -0.488. The Balaban J connectivity index is 1.52. The predicted octanol–water partition coefficient (Wildman–Crippen LogP) is 3.10. The molecule has 31 heavy (non-hydrogen) atoms. The van der Waals surface area contributed by atoms with Gasteiger partial charge in [0, 0.05) is 61.4 Å². The molecule has 0 atom stereocenters. The van der Waals surface area contributed by atoms with Crippen molar-refractivity contribution in [3.05, 3.63) is 57.4 Å². The van der Waals surface area contributed by atoms with Crippen LogP contribution in [0.5, 0.6) is 0 Å². The maximum Gasteiger partial charge on any atom is 0.340 e. The van der Waals surface area contributed by atoms with Crippen molar-refractivity contribution in [2.75, 3.05) is 37.7 Å². The topological polar surface area (TPSA) is 97.9 Å². The second-order valence-corrected chi connectivity index (χ2v) is 7.97. The first kappa shape index (κ1) is 22.3. The second-order valence-electron chi connectivity index (χ2n) is 7.97. The van der Waals surface area contributed by atoms with E-state index in [4.69, 9.17) is 4.74 Å². The molecule has 2 heterocycles. The fourth-order valence-electron chi connectivity index (χ4n) is 4.07. The van der Waals surface area contributed by atoms with Gasteiger partial charge in [0.15, 0.2) is 6.61 Å². The van der Waals surface area contributed by atoms with E-state index in [1.165, 1.54) is 12.1 Å². The number of aryl methyl sites for hydroxylation is 1. The Morgan fingerprint density at radius 1 is 1.10 bits per heavy atom. The first-order valence-electron chi connectivity index (χ1n) is 10.3. The Morgan fingerprint density at radius 3 is 2.23 bits per heavy atom. The van der Waals surface area contributed by atoms with Gasteiger partial charge in [0.05, 0.1) is 10.5 Å². The summed E-state index contributed by atoms with van der Waals surface area (Å²) in [6.45, 7) is 9.83. The van der Waals surface area contributed by atoms with E-state index in [0.717, 1.165) is 17.1 Å². The number of nitrogens with zero attached hydrogens (tertiary/aromatic N) is 4. The standard InChI is InChI=1S/C22H28N4O5/c1-15(2)25-16(3)13-20(17(25)4)22(28)31-14-21(27)24-11-9-23(10-12-24)18-5-7-19(8-6-18)26(29)30/h5-8,13,15H,9-12,14H2,1-4H3. The van der Waals surface area contributed by atoms with E-state index in [0.29, 0.717) is 31.7 Å². The minimum Gasteiger partial charge on any atom is -0.452 e. The van der Waals surface area contributed by atoms with E-state index in [1.54, 1.807) is 23.1 Å². The van der Waals surface area contributed by atoms with E-state index in [-0.39, 0.29) is 24.2 Å². The van der Waals surface area contributed by atoms with Crippen molar-refractivity contribution in [1.29, 1.82) is 0 Å². The van der Waals surface area contributed by atoms with Crippen molar-refractivity contribution in [2.45, 2.75) is 33.7 Å². The lowest BCUT2D eigenvalue weighted by atomic mass is 10.2. The number of hydrogen-bond donors (Lipinski definition) is 0. The summed E-state index contributed by atoms with van der Waals surface area (Å²) < 4.78 is 7.36. The molecule has 0 aliphatic carbocycles. The highest BCUT2D eigenvalue weighted by atomic mass is 16.6. The van der Waals surface area contributed by atoms with Crippen molar-refractivity contribution in [3.63, 3.8) is 0 Å². The first-order chi connectivity index (χ1) is 14.7. The molecule has 9 heteroatoms. The summed E-state index contributed by atoms with van der Waals surface area (Å²) in [5.74, 6) is -0.716. The Hall–Kier alpha value is -3.36. The Labute approximate surface area is 181 Å². The SMILES string of the molecule is Cc1cc(C(=O)OCC(=O)N2CCN(c3ccc([N+](=O)[O-])cc3)CC2)c(C)n1C(C)C. The van der Waals surface area contributed by atoms with E-state index < -0.39 is 10.9 Å². The van der Waals surface area contributed by atoms with Crippen LogP contribution in [0, 0.1) is 24.0 Å². The van der Waals surface area contributed by atoms with Gasteiger partial charge in [-0.15, -0.1) is 0 Å². The number of carbonyl (C=O) groups excluding carboxylic acids is 2. The van der Waals surface area contributed by atoms with E-state index in [9.17, 15) is 19.7 Å². The molecular formula is C22H28N4O5. The number of nitro benzene ring substituents is 1. The van der Waals surface area contributed by atoms with Crippen molar-refractivity contribution < 1.29 is 19.2 Å². The number of carbonyl (C=O) groups is 2. The molecule has 0 unspecified atom stereocenters. The van der Waals surface area contributed by atoms with Gasteiger partial charge in [0.2, 0.25) is 0 Å². The zero-order valence-electron chi connectivity index (χ0n) is 18.3. The first-order valence-corrected chi connectivity index (χ1v) is 10.3. The molecule has 0 bridgehead atoms. The van der Waals surface area contributed by atoms with Gasteiger partial charge in [-0.1, -0.05) is 0 Å². The van der Waals surface area contributed by atoms with Crippen molar-refractivity contribution >= 4 is 23.3 Å². The molecule has 1 saturated heterocycles. The maximum absolute atomic E-state index is 12.5. The third-order valence-corrected chi connectivity index (χ3v) is 5.61. The third kappa shape index (κ3) is 4.87. The summed E-state index contributed by atoms with van der Waals surface area (Å²) in [6, 6.07) is 8.40. The molecular weight excluding hydrogens is 400 g/mol. The predicted molar refractivity (Wildman–Crippen MR) is 116 cm³/mol. The van der Waals surface area contributed by atoms with E-state index in [1.807, 2.05) is 13.8 Å². The molecule has 1 fully saturated rings. The van der Waals surface area contributed by atoms with Crippen LogP contribution >= 0.6 is 0 Å². The van der Waals surface area contributed by atoms with Gasteiger partial charge in [-0.2, -0.15) is 0 Å². The van der Waals surface area contributed by atoms with Crippen molar-refractivity contribution in [3.8, 4) is 0 Å². The number of non-ortho nitro benzene ring substituents is 1. The van der Waals surface area contributed by atoms with Gasteiger partial charge in [0.25, 0.3) is 11.6 Å². The lowest BCUT2D eigenvalue weighted by molar-refractivity contribution is -0.384. The summed E-state index contributed by atoms with van der Waals surface area (Å²) >= 11 is 0. The summed E-state index contributed by atoms with van der Waals surface area (Å²) in [6.07, 6.45) is 0. The number of piperazine rings is 1. The summed E-state index contributed by atoms with van der Waals surface area (Å²) in [5, 5.41) is 10.8. The molecule has 1 aliphatic heterocycles. The molecule has 0 saturated carbocycles. The number of aromatic nitrogens is 1. The molecule has 1 amide bonds. The lowest BCUT2D eigenvalue weighted by Gasteiger charge is -2.36. The molecule has 0 radical (unpaired) electrons. The second kappa shape index (κ2) is 9.20. The maximum atomic E-state index is 12.5. The van der Waals surface area contributed by atoms with Gasteiger partial charge in [-0.3, -0.25) is 14.9 Å². The highest BCUT2D eigenvalue weighted by Crippen LogP contribution is 2.22. The highest BCUT2D eigenvalue weighted by Gasteiger charge is 2.24. The van der Waals surface area contributed by atoms with Crippen LogP contribution in [0.15, 0.2) is 30.3 Å². The van der Waals surface area contributed by atoms with Crippen LogP contribution in [0.25, 0.3) is 0 Å². The molecule has 1 aromatic carbocycles. The Morgan fingerprint density at radius 2 is 1.71 bits per heavy atom. The number of rotatable bonds is 6. The minimum absolute atomic E-state index is 0.0496. The van der Waals surface area contributed by atoms with E-state index >= 15 is 0 Å². The van der Waals surface area contributed by atoms with Crippen LogP contribution in [0.4, 0.5) is 11.4 Å². The number of benzene rings is 1. The molecule has 0 N–H and O–H groups in total. The number of amides is 1. The average molecular weight is 428 g/mol. The number of anilines is 1. The molecule has 1 aromatic heterocycles. The summed E-state index contributed by atoms with van der Waals surface area (Å²) in [5.41, 5.74) is 3.23. The summed E-state index contributed by atoms with van der Waals surface area (Å²) in [7, 11) is 0. The number of hydrogen-bond acceptors (Lipinski definition) is 6. The number of ether oxygens (including phenoxy) is 1. The van der Waals surface area contributed by atoms with Crippen molar-refractivity contribution in [1.82, 2.24) is 9.47 Å². The number of esters is 1. The van der Waals surface area contributed by atoms with Crippen LogP contribution in [0.2, 0.25) is 0 Å². The van der Waals surface area contributed by atoms with Crippen LogP contribution in [-0.4, -0.2) is 59.1 Å². The average Bonchev–Trinajstić information content (AvgIpc) is 3.06. The Kier molecular flexibility index (Phi) is 6.62. The smallest absolute Gasteiger partial charge is 0.340 e. The molecule has 166 valence electrons. The molecule has 2 aromatic rings. The van der Waals surface area contributed by atoms with Gasteiger partial charge in [-0.25, -0.2) is 4.79 Å². The fourth-order valence-corrected chi connectivity index (χ4v) is 4.07. The molecule has 3 rings (SSSR count). The Bertz CT molecular complexity index is 973. The van der Waals surface area contributed by atoms with Gasteiger partial charge in [0.1, 0.15) is 0 Å². The molecule has 9 nitrogen and oxygen atoms in total. The highest BCUT2D eigenvalue weighted by molar-refractivity contribution is 5.92. The lowest BCUT2D eigenvalue weighted by Crippen LogP contribution is -2.49. The third-order valence-electron chi connectivity index (χ3n) is 5.61. The zero-order chi connectivity index (χ0) is 22.7. The van der Waals surface area contributed by atoms with Crippen LogP contribution in [0.1, 0.15) is 41.6 Å². The quantitative estimate of drug-likeness (QED) is 0.398. The fraction of sp³-hybridized carbons (Fsp3) is 0.455. The van der Waals surface area contributed by atoms with Gasteiger partial charge >= 0.3 is 5.97 Å². The van der Waals surface area contributed by atoms with Crippen LogP contribution < -0.4 is 4.90 Å². The normalized spacial score (nSPS) is 14.1. The zero-order valence-corrected chi connectivity index (χ0v) is 18.3. The van der Waals surface area contributed by atoms with Crippen LogP contribution in [0.3, 0.4) is 0 Å². The van der Waals surface area contributed by atoms with Crippen LogP contribution in [-0.2, 0) is 9.53 Å². The summed E-state index contributed by atoms with van der Waals surface area (Å²) in [4.78, 5) is 39.1. The van der Waals surface area contributed by atoms with Gasteiger partial charge < -0.3 is 19.1 Å². The molecule has 1 aliphatic rings. The van der Waals surface area contributed by atoms with Crippen molar-refractivity contribution in [2.24, 2.45) is 0 Å².